The summed E-state index contributed by atoms with van der Waals surface area (Å²) in [5.41, 5.74) is -1.62. The molecule has 220 valence electrons. The van der Waals surface area contributed by atoms with Gasteiger partial charge in [-0.2, -0.15) is 26.3 Å². The van der Waals surface area contributed by atoms with Crippen LogP contribution in [0.4, 0.5) is 26.3 Å². The molecule has 4 heterocycles. The molecule has 40 heavy (non-hydrogen) atoms. The maximum Gasteiger partial charge on any atom is 0.417 e. The smallest absolute Gasteiger partial charge is 0.329 e. The SMILES string of the molecule is Cl.Cl.O=C1c2c(cc(Cl)cc2C(F)(F)F)[C@@H]2CNCCN12.O=C1c2c(cc(Cl)cc2C(F)(F)F)[C@H]2CNCCN12. The average molecular weight is 654 g/mol. The lowest BCUT2D eigenvalue weighted by atomic mass is 9.98. The second kappa shape index (κ2) is 11.7. The van der Waals surface area contributed by atoms with Gasteiger partial charge < -0.3 is 20.4 Å². The van der Waals surface area contributed by atoms with Crippen LogP contribution in [0.3, 0.4) is 0 Å². The van der Waals surface area contributed by atoms with Gasteiger partial charge in [0, 0.05) is 49.3 Å². The molecule has 0 radical (unpaired) electrons. The number of hydrogen-bond acceptors (Lipinski definition) is 4. The van der Waals surface area contributed by atoms with Gasteiger partial charge >= 0.3 is 12.4 Å². The van der Waals surface area contributed by atoms with Crippen molar-refractivity contribution in [1.29, 1.82) is 0 Å². The van der Waals surface area contributed by atoms with E-state index in [0.717, 1.165) is 12.1 Å². The van der Waals surface area contributed by atoms with Crippen molar-refractivity contribution in [2.45, 2.75) is 24.4 Å². The third-order valence-corrected chi connectivity index (χ3v) is 7.47. The van der Waals surface area contributed by atoms with Gasteiger partial charge in [-0.1, -0.05) is 23.2 Å². The summed E-state index contributed by atoms with van der Waals surface area (Å²) in [6.07, 6.45) is -9.15. The van der Waals surface area contributed by atoms with Gasteiger partial charge in [-0.05, 0) is 35.4 Å². The zero-order valence-corrected chi connectivity index (χ0v) is 23.4. The van der Waals surface area contributed by atoms with Gasteiger partial charge in [0.2, 0.25) is 0 Å². The molecule has 2 saturated heterocycles. The first-order chi connectivity index (χ1) is 17.8. The molecule has 2 amide bonds. The second-order valence-electron chi connectivity index (χ2n) is 9.27. The Kier molecular flexibility index (Phi) is 9.55. The van der Waals surface area contributed by atoms with E-state index in [4.69, 9.17) is 23.2 Å². The number of carbonyl (C=O) groups is 2. The summed E-state index contributed by atoms with van der Waals surface area (Å²) in [5.74, 6) is -1.10. The van der Waals surface area contributed by atoms with Gasteiger partial charge in [0.05, 0.1) is 34.3 Å². The number of alkyl halides is 6. The number of nitrogens with zero attached hydrogens (tertiary/aromatic N) is 2. The Labute approximate surface area is 247 Å². The third-order valence-electron chi connectivity index (χ3n) is 7.03. The Morgan fingerprint density at radius 1 is 0.675 bits per heavy atom. The molecule has 0 aliphatic carbocycles. The summed E-state index contributed by atoms with van der Waals surface area (Å²) in [7, 11) is 0. The fourth-order valence-electron chi connectivity index (χ4n) is 5.44. The second-order valence-corrected chi connectivity index (χ2v) is 10.1. The van der Waals surface area contributed by atoms with Crippen LogP contribution in [0.25, 0.3) is 0 Å². The quantitative estimate of drug-likeness (QED) is 0.355. The highest BCUT2D eigenvalue weighted by atomic mass is 35.5. The van der Waals surface area contributed by atoms with E-state index in [2.05, 4.69) is 10.6 Å². The highest BCUT2D eigenvalue weighted by Crippen LogP contribution is 2.45. The van der Waals surface area contributed by atoms with Crippen LogP contribution in [-0.2, 0) is 12.4 Å². The van der Waals surface area contributed by atoms with E-state index in [9.17, 15) is 35.9 Å². The van der Waals surface area contributed by atoms with Crippen LogP contribution in [0.15, 0.2) is 24.3 Å². The molecule has 2 fully saturated rings. The number of fused-ring (bicyclic) bond motifs is 6. The van der Waals surface area contributed by atoms with E-state index in [1.807, 2.05) is 0 Å². The first kappa shape index (κ1) is 32.6. The summed E-state index contributed by atoms with van der Waals surface area (Å²) in [6.45, 7) is 2.91. The van der Waals surface area contributed by atoms with Crippen molar-refractivity contribution in [1.82, 2.24) is 20.4 Å². The highest BCUT2D eigenvalue weighted by molar-refractivity contribution is 6.31. The zero-order valence-electron chi connectivity index (χ0n) is 20.3. The molecule has 6 nitrogen and oxygen atoms in total. The van der Waals surface area contributed by atoms with Crippen molar-refractivity contribution >= 4 is 59.8 Å². The van der Waals surface area contributed by atoms with Crippen LogP contribution in [0, 0.1) is 0 Å². The van der Waals surface area contributed by atoms with Gasteiger partial charge in [-0.15, -0.1) is 24.8 Å². The Hall–Kier alpha value is -1.96. The van der Waals surface area contributed by atoms with Gasteiger partial charge in [0.15, 0.2) is 0 Å². The Balaban J connectivity index is 0.000000210. The van der Waals surface area contributed by atoms with E-state index in [0.29, 0.717) is 50.4 Å². The highest BCUT2D eigenvalue weighted by Gasteiger charge is 2.47. The van der Waals surface area contributed by atoms with E-state index in [1.54, 1.807) is 0 Å². The number of carbonyl (C=O) groups excluding carboxylic acids is 2. The monoisotopic (exact) mass is 652 g/mol. The van der Waals surface area contributed by atoms with Crippen LogP contribution in [0.1, 0.15) is 55.1 Å². The lowest BCUT2D eigenvalue weighted by Gasteiger charge is -2.30. The molecule has 0 aromatic heterocycles. The van der Waals surface area contributed by atoms with Crippen molar-refractivity contribution in [3.8, 4) is 0 Å². The van der Waals surface area contributed by atoms with Gasteiger partial charge in [-0.3, -0.25) is 9.59 Å². The summed E-state index contributed by atoms with van der Waals surface area (Å²) < 4.78 is 78.2. The summed E-state index contributed by atoms with van der Waals surface area (Å²) in [4.78, 5) is 27.3. The molecule has 4 aliphatic rings. The minimum Gasteiger partial charge on any atom is -0.329 e. The van der Waals surface area contributed by atoms with Crippen molar-refractivity contribution in [2.24, 2.45) is 0 Å². The fraction of sp³-hybridized carbons (Fsp3) is 0.417. The number of piperazine rings is 2. The van der Waals surface area contributed by atoms with Crippen LogP contribution >= 0.6 is 48.0 Å². The number of rotatable bonds is 0. The fourth-order valence-corrected chi connectivity index (χ4v) is 5.90. The molecular formula is C24H22Cl4F6N4O2. The predicted octanol–water partition coefficient (Wildman–Crippen LogP) is 5.76. The predicted molar refractivity (Wildman–Crippen MR) is 141 cm³/mol. The molecule has 0 unspecified atom stereocenters. The van der Waals surface area contributed by atoms with E-state index in [-0.39, 0.29) is 58.1 Å². The first-order valence-corrected chi connectivity index (χ1v) is 12.4. The summed E-state index contributed by atoms with van der Waals surface area (Å²) in [5, 5.41) is 6.17. The number of benzene rings is 2. The first-order valence-electron chi connectivity index (χ1n) is 11.6. The minimum absolute atomic E-state index is 0. The maximum absolute atomic E-state index is 13.0. The van der Waals surface area contributed by atoms with Crippen molar-refractivity contribution in [2.75, 3.05) is 39.3 Å². The molecule has 0 saturated carbocycles. The molecule has 4 aliphatic heterocycles. The molecule has 2 aromatic carbocycles. The molecule has 2 N–H and O–H groups in total. The van der Waals surface area contributed by atoms with Crippen LogP contribution in [0.2, 0.25) is 10.0 Å². The molecule has 0 spiro atoms. The Morgan fingerprint density at radius 2 is 1.02 bits per heavy atom. The summed E-state index contributed by atoms with van der Waals surface area (Å²) in [6, 6.07) is 3.87. The molecule has 6 rings (SSSR count). The molecule has 16 heteroatoms. The average Bonchev–Trinajstić information content (AvgIpc) is 3.29. The van der Waals surface area contributed by atoms with Crippen LogP contribution < -0.4 is 10.6 Å². The molecule has 2 atom stereocenters. The van der Waals surface area contributed by atoms with E-state index < -0.39 is 35.3 Å². The van der Waals surface area contributed by atoms with E-state index in [1.165, 1.54) is 21.9 Å². The largest absolute Gasteiger partial charge is 0.417 e. The summed E-state index contributed by atoms with van der Waals surface area (Å²) >= 11 is 11.5. The lowest BCUT2D eigenvalue weighted by Crippen LogP contribution is -2.44. The Morgan fingerprint density at radius 3 is 1.35 bits per heavy atom. The van der Waals surface area contributed by atoms with Crippen LogP contribution in [0.5, 0.6) is 0 Å². The number of nitrogens with one attached hydrogen (secondary N) is 2. The van der Waals surface area contributed by atoms with Crippen molar-refractivity contribution in [3.63, 3.8) is 0 Å². The van der Waals surface area contributed by atoms with Crippen LogP contribution in [-0.4, -0.2) is 60.9 Å². The molecule has 2 aromatic rings. The standard InChI is InChI=1S/2C12H10ClF3N2O.2ClH/c2*13-6-3-7-9-5-17-1-2-18(9)11(19)10(7)8(4-6)12(14,15)16;;/h2*3-4,9,17H,1-2,5H2;2*1H/t2*9-;;/m10../s1. The van der Waals surface area contributed by atoms with Gasteiger partial charge in [0.25, 0.3) is 11.8 Å². The Bertz CT molecular complexity index is 1220. The maximum atomic E-state index is 13.0. The van der Waals surface area contributed by atoms with Gasteiger partial charge in [0.1, 0.15) is 0 Å². The van der Waals surface area contributed by atoms with E-state index >= 15 is 0 Å². The van der Waals surface area contributed by atoms with Crippen molar-refractivity contribution in [3.05, 3.63) is 67.7 Å². The van der Waals surface area contributed by atoms with Gasteiger partial charge in [-0.25, -0.2) is 0 Å². The number of amides is 2. The number of halogens is 10. The molecular weight excluding hydrogens is 632 g/mol. The normalized spacial score (nSPS) is 21.3. The zero-order chi connectivity index (χ0) is 27.6. The minimum atomic E-state index is -4.58. The lowest BCUT2D eigenvalue weighted by molar-refractivity contribution is -0.138. The third kappa shape index (κ3) is 5.71. The number of hydrogen-bond donors (Lipinski definition) is 2. The topological polar surface area (TPSA) is 64.7 Å². The van der Waals surface area contributed by atoms with Crippen molar-refractivity contribution < 1.29 is 35.9 Å². The molecule has 0 bridgehead atoms.